The van der Waals surface area contributed by atoms with Crippen molar-refractivity contribution in [2.45, 2.75) is 34.1 Å². The lowest BCUT2D eigenvalue weighted by atomic mass is 9.88. The van der Waals surface area contributed by atoms with Crippen LogP contribution in [-0.2, 0) is 4.79 Å². The summed E-state index contributed by atoms with van der Waals surface area (Å²) in [6, 6.07) is 0. The molecule has 2 heterocycles. The molecule has 1 atom stereocenters. The molecule has 0 aromatic carbocycles. The molecule has 0 saturated carbocycles. The van der Waals surface area contributed by atoms with Crippen LogP contribution >= 0.6 is 11.3 Å². The number of nitrogens with zero attached hydrogens (tertiary/aromatic N) is 2. The molecule has 0 aliphatic rings. The Morgan fingerprint density at radius 2 is 2.15 bits per heavy atom. The van der Waals surface area contributed by atoms with E-state index in [1.165, 1.54) is 11.2 Å². The first kappa shape index (κ1) is 14.7. The summed E-state index contributed by atoms with van der Waals surface area (Å²) >= 11 is 1.63. The van der Waals surface area contributed by atoms with E-state index in [0.717, 1.165) is 21.6 Å². The SMILES string of the molecule is CCC(C)(CNc1ncnc2sc(C)c(C)c12)C(=O)O. The van der Waals surface area contributed by atoms with Crippen molar-refractivity contribution in [3.8, 4) is 0 Å². The van der Waals surface area contributed by atoms with Crippen LogP contribution in [0.25, 0.3) is 10.2 Å². The summed E-state index contributed by atoms with van der Waals surface area (Å²) < 4.78 is 0. The molecule has 108 valence electrons. The van der Waals surface area contributed by atoms with Crippen molar-refractivity contribution in [3.05, 3.63) is 16.8 Å². The van der Waals surface area contributed by atoms with Gasteiger partial charge in [0.05, 0.1) is 10.8 Å². The maximum Gasteiger partial charge on any atom is 0.311 e. The van der Waals surface area contributed by atoms with Crippen LogP contribution in [0.5, 0.6) is 0 Å². The maximum atomic E-state index is 11.3. The number of carboxylic acids is 1. The van der Waals surface area contributed by atoms with Gasteiger partial charge in [0.15, 0.2) is 0 Å². The van der Waals surface area contributed by atoms with Crippen molar-refractivity contribution >= 4 is 33.3 Å². The molecule has 0 amide bonds. The first-order valence-corrected chi connectivity index (χ1v) is 7.38. The summed E-state index contributed by atoms with van der Waals surface area (Å²) in [4.78, 5) is 22.0. The molecule has 0 radical (unpaired) electrons. The second-order valence-corrected chi connectivity index (χ2v) is 6.46. The third kappa shape index (κ3) is 2.47. The van der Waals surface area contributed by atoms with Crippen molar-refractivity contribution in [2.24, 2.45) is 5.41 Å². The molecule has 5 nitrogen and oxygen atoms in total. The molecule has 0 spiro atoms. The monoisotopic (exact) mass is 293 g/mol. The Morgan fingerprint density at radius 1 is 1.45 bits per heavy atom. The molecule has 2 N–H and O–H groups in total. The zero-order valence-electron chi connectivity index (χ0n) is 12.1. The number of anilines is 1. The van der Waals surface area contributed by atoms with E-state index in [9.17, 15) is 9.90 Å². The normalized spacial score (nSPS) is 14.2. The molecular formula is C14H19N3O2S. The van der Waals surface area contributed by atoms with E-state index in [1.54, 1.807) is 18.3 Å². The van der Waals surface area contributed by atoms with E-state index in [2.05, 4.69) is 22.2 Å². The molecule has 0 bridgehead atoms. The van der Waals surface area contributed by atoms with Gasteiger partial charge in [0.25, 0.3) is 0 Å². The highest BCUT2D eigenvalue weighted by atomic mass is 32.1. The van der Waals surface area contributed by atoms with Crippen LogP contribution in [0.3, 0.4) is 0 Å². The predicted octanol–water partition coefficient (Wildman–Crippen LogP) is 3.22. The van der Waals surface area contributed by atoms with Crippen LogP contribution in [0.2, 0.25) is 0 Å². The highest BCUT2D eigenvalue weighted by Gasteiger charge is 2.31. The predicted molar refractivity (Wildman–Crippen MR) is 81.4 cm³/mol. The van der Waals surface area contributed by atoms with Crippen LogP contribution in [0.4, 0.5) is 5.82 Å². The lowest BCUT2D eigenvalue weighted by Gasteiger charge is -2.23. The smallest absolute Gasteiger partial charge is 0.311 e. The van der Waals surface area contributed by atoms with Crippen LogP contribution in [-0.4, -0.2) is 27.6 Å². The lowest BCUT2D eigenvalue weighted by Crippen LogP contribution is -2.34. The highest BCUT2D eigenvalue weighted by molar-refractivity contribution is 7.18. The van der Waals surface area contributed by atoms with Gasteiger partial charge in [-0.3, -0.25) is 4.79 Å². The fraction of sp³-hybridized carbons (Fsp3) is 0.500. The summed E-state index contributed by atoms with van der Waals surface area (Å²) in [5.41, 5.74) is 0.359. The lowest BCUT2D eigenvalue weighted by molar-refractivity contribution is -0.147. The van der Waals surface area contributed by atoms with E-state index >= 15 is 0 Å². The number of aryl methyl sites for hydroxylation is 2. The van der Waals surface area contributed by atoms with Crippen molar-refractivity contribution in [1.29, 1.82) is 0 Å². The topological polar surface area (TPSA) is 75.1 Å². The van der Waals surface area contributed by atoms with Crippen molar-refractivity contribution in [1.82, 2.24) is 9.97 Å². The zero-order valence-corrected chi connectivity index (χ0v) is 13.0. The van der Waals surface area contributed by atoms with E-state index in [0.29, 0.717) is 13.0 Å². The summed E-state index contributed by atoms with van der Waals surface area (Å²) in [7, 11) is 0. The molecule has 0 saturated heterocycles. The minimum Gasteiger partial charge on any atom is -0.481 e. The number of hydrogen-bond acceptors (Lipinski definition) is 5. The maximum absolute atomic E-state index is 11.3. The molecule has 0 aliphatic heterocycles. The number of aromatic nitrogens is 2. The number of thiophene rings is 1. The number of hydrogen-bond donors (Lipinski definition) is 2. The Balaban J connectivity index is 2.33. The first-order chi connectivity index (χ1) is 9.39. The van der Waals surface area contributed by atoms with Crippen LogP contribution in [0.1, 0.15) is 30.7 Å². The summed E-state index contributed by atoms with van der Waals surface area (Å²) in [6.45, 7) is 8.06. The van der Waals surface area contributed by atoms with E-state index < -0.39 is 11.4 Å². The van der Waals surface area contributed by atoms with Gasteiger partial charge in [0.2, 0.25) is 0 Å². The van der Waals surface area contributed by atoms with Gasteiger partial charge >= 0.3 is 5.97 Å². The molecule has 1 unspecified atom stereocenters. The molecule has 2 rings (SSSR count). The van der Waals surface area contributed by atoms with Gasteiger partial charge in [0.1, 0.15) is 17.0 Å². The van der Waals surface area contributed by atoms with Gasteiger partial charge in [0, 0.05) is 11.4 Å². The molecule has 6 heteroatoms. The average Bonchev–Trinajstić information content (AvgIpc) is 2.72. The minimum atomic E-state index is -0.795. The Morgan fingerprint density at radius 3 is 2.75 bits per heavy atom. The standard InChI is InChI=1S/C14H19N3O2S/c1-5-14(4,13(18)19)6-15-11-10-8(2)9(3)20-12(10)17-7-16-11/h7H,5-6H2,1-4H3,(H,18,19)(H,15,16,17). The van der Waals surface area contributed by atoms with Crippen molar-refractivity contribution in [2.75, 3.05) is 11.9 Å². The van der Waals surface area contributed by atoms with Gasteiger partial charge in [-0.15, -0.1) is 11.3 Å². The number of aliphatic carboxylic acids is 1. The number of nitrogens with one attached hydrogen (secondary N) is 1. The van der Waals surface area contributed by atoms with Crippen LogP contribution in [0.15, 0.2) is 6.33 Å². The fourth-order valence-electron chi connectivity index (χ4n) is 1.95. The molecule has 2 aromatic heterocycles. The van der Waals surface area contributed by atoms with Gasteiger partial charge in [-0.1, -0.05) is 6.92 Å². The van der Waals surface area contributed by atoms with E-state index in [4.69, 9.17) is 0 Å². The second-order valence-electron chi connectivity index (χ2n) is 5.26. The average molecular weight is 293 g/mol. The molecule has 0 aliphatic carbocycles. The number of carbonyl (C=O) groups is 1. The Labute approximate surface area is 122 Å². The third-order valence-electron chi connectivity index (χ3n) is 3.91. The molecule has 0 fully saturated rings. The fourth-order valence-corrected chi connectivity index (χ4v) is 2.94. The van der Waals surface area contributed by atoms with Gasteiger partial charge in [-0.25, -0.2) is 9.97 Å². The van der Waals surface area contributed by atoms with Crippen LogP contribution < -0.4 is 5.32 Å². The molecule has 2 aromatic rings. The Kier molecular flexibility index (Phi) is 3.94. The highest BCUT2D eigenvalue weighted by Crippen LogP contribution is 2.33. The quantitative estimate of drug-likeness (QED) is 0.885. The summed E-state index contributed by atoms with van der Waals surface area (Å²) in [5.74, 6) is -0.0752. The van der Waals surface area contributed by atoms with Crippen LogP contribution in [0, 0.1) is 19.3 Å². The summed E-state index contributed by atoms with van der Waals surface area (Å²) in [6.07, 6.45) is 2.08. The largest absolute Gasteiger partial charge is 0.481 e. The van der Waals surface area contributed by atoms with Gasteiger partial charge in [-0.2, -0.15) is 0 Å². The van der Waals surface area contributed by atoms with E-state index in [1.807, 2.05) is 13.8 Å². The summed E-state index contributed by atoms with van der Waals surface area (Å²) in [5, 5.41) is 13.5. The number of fused-ring (bicyclic) bond motifs is 1. The second kappa shape index (κ2) is 5.36. The van der Waals surface area contributed by atoms with Gasteiger partial charge < -0.3 is 10.4 Å². The van der Waals surface area contributed by atoms with Gasteiger partial charge in [-0.05, 0) is 32.8 Å². The van der Waals surface area contributed by atoms with Crippen molar-refractivity contribution in [3.63, 3.8) is 0 Å². The van der Waals surface area contributed by atoms with E-state index in [-0.39, 0.29) is 0 Å². The molecular weight excluding hydrogens is 274 g/mol. The Bertz CT molecular complexity index is 653. The number of carboxylic acid groups (broad SMARTS) is 1. The third-order valence-corrected chi connectivity index (χ3v) is 5.02. The zero-order chi connectivity index (χ0) is 14.9. The Hall–Kier alpha value is -1.69. The first-order valence-electron chi connectivity index (χ1n) is 6.57. The molecule has 20 heavy (non-hydrogen) atoms. The minimum absolute atomic E-state index is 0.347. The van der Waals surface area contributed by atoms with Crippen molar-refractivity contribution < 1.29 is 9.90 Å². The number of rotatable bonds is 5.